The van der Waals surface area contributed by atoms with Gasteiger partial charge in [-0.15, -0.1) is 0 Å². The maximum absolute atomic E-state index is 4.13. The third kappa shape index (κ3) is 2.00. The molecule has 0 unspecified atom stereocenters. The van der Waals surface area contributed by atoms with Crippen LogP contribution in [0.2, 0.25) is 0 Å². The molecule has 0 aliphatic heterocycles. The molecule has 14 heavy (non-hydrogen) atoms. The van der Waals surface area contributed by atoms with Crippen LogP contribution in [0.4, 0.5) is 0 Å². The summed E-state index contributed by atoms with van der Waals surface area (Å²) in [7, 11) is 0. The number of rotatable bonds is 1. The monoisotopic (exact) mass is 188 g/mol. The lowest BCUT2D eigenvalue weighted by Crippen LogP contribution is -2.20. The maximum atomic E-state index is 4.13. The first-order valence-electron chi connectivity index (χ1n) is 5.77. The minimum atomic E-state index is 0.737. The van der Waals surface area contributed by atoms with Gasteiger partial charge in [0.2, 0.25) is 0 Å². The third-order valence-electron chi connectivity index (χ3n) is 3.57. The average Bonchev–Trinajstić information content (AvgIpc) is 2.14. The van der Waals surface area contributed by atoms with E-state index in [1.165, 1.54) is 37.7 Å². The molecule has 0 N–H and O–H groups in total. The van der Waals surface area contributed by atoms with Crippen LogP contribution < -0.4 is 0 Å². The molecular formula is C14H20. The topological polar surface area (TPSA) is 0 Å². The van der Waals surface area contributed by atoms with E-state index in [1.54, 1.807) is 5.57 Å². The van der Waals surface area contributed by atoms with E-state index in [4.69, 9.17) is 0 Å². The zero-order chi connectivity index (χ0) is 9.97. The number of hydrogen-bond acceptors (Lipinski definition) is 0. The summed E-state index contributed by atoms with van der Waals surface area (Å²) in [6, 6.07) is 0. The van der Waals surface area contributed by atoms with Crippen LogP contribution in [0.1, 0.15) is 39.0 Å². The fourth-order valence-electron chi connectivity index (χ4n) is 2.76. The molecular weight excluding hydrogens is 168 g/mol. The molecule has 1 saturated carbocycles. The number of fused-ring (bicyclic) bond motifs is 2. The van der Waals surface area contributed by atoms with Crippen molar-refractivity contribution in [3.63, 3.8) is 0 Å². The molecule has 2 aliphatic rings. The molecule has 76 valence electrons. The Hall–Kier alpha value is -0.780. The SMILES string of the molecule is C=C(C)[C@H]1CC/C2=C/CC/C=C\[C@H]1C2. The molecule has 0 heteroatoms. The molecule has 0 amide bonds. The standard InChI is InChI=1S/C14H20/c1-11(2)14-9-8-12-6-4-3-5-7-13(14)10-12/h5-7,13-14H,1,3-4,8-10H2,2H3/b7-5-,12-6-/t13-,14+/m0/s1. The predicted molar refractivity (Wildman–Crippen MR) is 62.1 cm³/mol. The van der Waals surface area contributed by atoms with Gasteiger partial charge >= 0.3 is 0 Å². The van der Waals surface area contributed by atoms with Crippen LogP contribution in [0, 0.1) is 11.8 Å². The quantitative estimate of drug-likeness (QED) is 0.539. The van der Waals surface area contributed by atoms with Crippen LogP contribution in [-0.4, -0.2) is 0 Å². The van der Waals surface area contributed by atoms with Crippen molar-refractivity contribution in [3.05, 3.63) is 36.0 Å². The summed E-state index contributed by atoms with van der Waals surface area (Å²) in [5.74, 6) is 1.48. The fraction of sp³-hybridized carbons (Fsp3) is 0.571. The molecule has 0 radical (unpaired) electrons. The summed E-state index contributed by atoms with van der Waals surface area (Å²) >= 11 is 0. The van der Waals surface area contributed by atoms with Crippen LogP contribution >= 0.6 is 0 Å². The zero-order valence-corrected chi connectivity index (χ0v) is 9.13. The normalized spacial score (nSPS) is 37.6. The Morgan fingerprint density at radius 3 is 3.07 bits per heavy atom. The van der Waals surface area contributed by atoms with Gasteiger partial charge in [-0.1, -0.05) is 36.0 Å². The summed E-state index contributed by atoms with van der Waals surface area (Å²) in [5, 5.41) is 0. The van der Waals surface area contributed by atoms with Crippen LogP contribution in [-0.2, 0) is 0 Å². The van der Waals surface area contributed by atoms with Crippen LogP contribution in [0.5, 0.6) is 0 Å². The molecule has 0 aromatic carbocycles. The maximum Gasteiger partial charge on any atom is -0.0131 e. The van der Waals surface area contributed by atoms with Crippen molar-refractivity contribution >= 4 is 0 Å². The van der Waals surface area contributed by atoms with Crippen molar-refractivity contribution in [1.29, 1.82) is 0 Å². The highest BCUT2D eigenvalue weighted by atomic mass is 14.3. The van der Waals surface area contributed by atoms with Gasteiger partial charge in [-0.05, 0) is 50.9 Å². The van der Waals surface area contributed by atoms with Crippen molar-refractivity contribution < 1.29 is 0 Å². The highest BCUT2D eigenvalue weighted by Crippen LogP contribution is 2.39. The minimum absolute atomic E-state index is 0.737. The van der Waals surface area contributed by atoms with Gasteiger partial charge in [-0.25, -0.2) is 0 Å². The lowest BCUT2D eigenvalue weighted by molar-refractivity contribution is 0.374. The first kappa shape index (κ1) is 9.76. The van der Waals surface area contributed by atoms with E-state index in [1.807, 2.05) is 0 Å². The third-order valence-corrected chi connectivity index (χ3v) is 3.57. The second kappa shape index (κ2) is 4.16. The highest BCUT2D eigenvalue weighted by Gasteiger charge is 2.26. The summed E-state index contributed by atoms with van der Waals surface area (Å²) in [4.78, 5) is 0. The molecule has 0 aromatic heterocycles. The Bertz CT molecular complexity index is 280. The predicted octanol–water partition coefficient (Wildman–Crippen LogP) is 4.26. The van der Waals surface area contributed by atoms with E-state index in [2.05, 4.69) is 31.7 Å². The Morgan fingerprint density at radius 1 is 1.43 bits per heavy atom. The van der Waals surface area contributed by atoms with E-state index < -0.39 is 0 Å². The van der Waals surface area contributed by atoms with E-state index in [0.29, 0.717) is 0 Å². The summed E-state index contributed by atoms with van der Waals surface area (Å²) in [6.45, 7) is 6.31. The van der Waals surface area contributed by atoms with E-state index >= 15 is 0 Å². The van der Waals surface area contributed by atoms with Crippen molar-refractivity contribution in [1.82, 2.24) is 0 Å². The molecule has 0 heterocycles. The van der Waals surface area contributed by atoms with E-state index in [9.17, 15) is 0 Å². The van der Waals surface area contributed by atoms with Gasteiger partial charge in [0.15, 0.2) is 0 Å². The van der Waals surface area contributed by atoms with E-state index in [0.717, 1.165) is 11.8 Å². The fourth-order valence-corrected chi connectivity index (χ4v) is 2.76. The van der Waals surface area contributed by atoms with Gasteiger partial charge in [-0.2, -0.15) is 0 Å². The van der Waals surface area contributed by atoms with Gasteiger partial charge in [0, 0.05) is 0 Å². The summed E-state index contributed by atoms with van der Waals surface area (Å²) in [5.41, 5.74) is 3.07. The van der Waals surface area contributed by atoms with Crippen LogP contribution in [0.25, 0.3) is 0 Å². The summed E-state index contributed by atoms with van der Waals surface area (Å²) < 4.78 is 0. The first-order valence-corrected chi connectivity index (χ1v) is 5.77. The van der Waals surface area contributed by atoms with Crippen LogP contribution in [0.3, 0.4) is 0 Å². The Balaban J connectivity index is 2.17. The number of allylic oxidation sites excluding steroid dienone is 5. The lowest BCUT2D eigenvalue weighted by Gasteiger charge is -2.32. The van der Waals surface area contributed by atoms with Crippen molar-refractivity contribution in [2.24, 2.45) is 11.8 Å². The highest BCUT2D eigenvalue weighted by molar-refractivity contribution is 5.18. The number of hydrogen-bond donors (Lipinski definition) is 0. The Morgan fingerprint density at radius 2 is 2.29 bits per heavy atom. The first-order chi connectivity index (χ1) is 6.77. The van der Waals surface area contributed by atoms with Gasteiger partial charge in [0.1, 0.15) is 0 Å². The molecule has 2 aliphatic carbocycles. The van der Waals surface area contributed by atoms with Gasteiger partial charge in [-0.3, -0.25) is 0 Å². The second-order valence-corrected chi connectivity index (χ2v) is 4.73. The molecule has 2 rings (SSSR count). The molecule has 0 nitrogen and oxygen atoms in total. The zero-order valence-electron chi connectivity index (χ0n) is 9.13. The van der Waals surface area contributed by atoms with Crippen molar-refractivity contribution in [2.75, 3.05) is 0 Å². The molecule has 2 bridgehead atoms. The molecule has 0 saturated heterocycles. The largest absolute Gasteiger partial charge is 0.0998 e. The van der Waals surface area contributed by atoms with E-state index in [-0.39, 0.29) is 0 Å². The lowest BCUT2D eigenvalue weighted by atomic mass is 9.73. The van der Waals surface area contributed by atoms with Crippen molar-refractivity contribution in [2.45, 2.75) is 39.0 Å². The summed E-state index contributed by atoms with van der Waals surface area (Å²) in [6.07, 6.45) is 13.6. The molecule has 0 spiro atoms. The molecule has 2 atom stereocenters. The molecule has 1 fully saturated rings. The van der Waals surface area contributed by atoms with Gasteiger partial charge in [0.25, 0.3) is 0 Å². The minimum Gasteiger partial charge on any atom is -0.0998 e. The average molecular weight is 188 g/mol. The second-order valence-electron chi connectivity index (χ2n) is 4.73. The van der Waals surface area contributed by atoms with Gasteiger partial charge < -0.3 is 0 Å². The Labute approximate surface area is 87.4 Å². The van der Waals surface area contributed by atoms with Gasteiger partial charge in [0.05, 0.1) is 0 Å². The molecule has 0 aromatic rings. The Kier molecular flexibility index (Phi) is 2.90. The van der Waals surface area contributed by atoms with Crippen LogP contribution in [0.15, 0.2) is 36.0 Å². The van der Waals surface area contributed by atoms with Crippen molar-refractivity contribution in [3.8, 4) is 0 Å². The smallest absolute Gasteiger partial charge is 0.0131 e.